The average molecular weight is 412 g/mol. The van der Waals surface area contributed by atoms with Gasteiger partial charge in [-0.1, -0.05) is 12.1 Å². The molecule has 3 heterocycles. The number of alkyl halides is 3. The Bertz CT molecular complexity index is 864. The van der Waals surface area contributed by atoms with Gasteiger partial charge in [0.1, 0.15) is 9.88 Å². The molecule has 0 radical (unpaired) electrons. The zero-order chi connectivity index (χ0) is 19.9. The number of hydrogen-bond acceptors (Lipinski definition) is 5. The highest BCUT2D eigenvalue weighted by atomic mass is 32.1. The lowest BCUT2D eigenvalue weighted by atomic mass is 10.0. The highest BCUT2D eigenvalue weighted by Gasteiger charge is 2.41. The first-order valence-corrected chi connectivity index (χ1v) is 9.81. The highest BCUT2D eigenvalue weighted by Crippen LogP contribution is 2.35. The Kier molecular flexibility index (Phi) is 4.93. The average Bonchev–Trinajstić information content (AvgIpc) is 3.28. The second-order valence-corrected chi connectivity index (χ2v) is 7.91. The van der Waals surface area contributed by atoms with Gasteiger partial charge < -0.3 is 14.4 Å². The van der Waals surface area contributed by atoms with Crippen LogP contribution in [-0.4, -0.2) is 47.9 Å². The summed E-state index contributed by atoms with van der Waals surface area (Å²) in [5.41, 5.74) is 0.434. The van der Waals surface area contributed by atoms with E-state index in [-0.39, 0.29) is 5.91 Å². The monoisotopic (exact) mass is 412 g/mol. The van der Waals surface area contributed by atoms with E-state index in [1.807, 2.05) is 0 Å². The fourth-order valence-electron chi connectivity index (χ4n) is 3.50. The van der Waals surface area contributed by atoms with Crippen molar-refractivity contribution in [1.29, 1.82) is 0 Å². The summed E-state index contributed by atoms with van der Waals surface area (Å²) in [7, 11) is 0. The Balaban J connectivity index is 1.49. The molecule has 0 atom stereocenters. The van der Waals surface area contributed by atoms with E-state index in [2.05, 4.69) is 4.98 Å². The molecular formula is C19H19F3N2O3S. The first-order valence-electron chi connectivity index (χ1n) is 9.00. The molecule has 0 aliphatic carbocycles. The van der Waals surface area contributed by atoms with Crippen molar-refractivity contribution in [3.05, 3.63) is 40.4 Å². The molecule has 2 saturated heterocycles. The summed E-state index contributed by atoms with van der Waals surface area (Å²) >= 11 is 1.21. The van der Waals surface area contributed by atoms with Crippen molar-refractivity contribution in [3.63, 3.8) is 0 Å². The summed E-state index contributed by atoms with van der Waals surface area (Å²) in [5, 5.41) is 0.533. The minimum Gasteiger partial charge on any atom is -0.347 e. The maximum atomic E-state index is 12.9. The van der Waals surface area contributed by atoms with E-state index in [9.17, 15) is 18.0 Å². The van der Waals surface area contributed by atoms with Gasteiger partial charge in [-0.2, -0.15) is 13.2 Å². The van der Waals surface area contributed by atoms with Crippen LogP contribution in [0.25, 0.3) is 10.6 Å². The lowest BCUT2D eigenvalue weighted by molar-refractivity contribution is -0.181. The number of aromatic nitrogens is 1. The third kappa shape index (κ3) is 3.66. The van der Waals surface area contributed by atoms with Crippen LogP contribution in [0, 0.1) is 6.92 Å². The first-order chi connectivity index (χ1) is 13.3. The van der Waals surface area contributed by atoms with Crippen molar-refractivity contribution in [3.8, 4) is 10.6 Å². The standard InChI is InChI=1S/C19H19F3N2O3S/c1-12-15(17(25)24-8-6-18(7-9-24)26-10-11-27-18)28-16(23-12)13-2-4-14(5-3-13)19(20,21)22/h2-5H,6-11H2,1H3. The number of nitrogens with zero attached hydrogens (tertiary/aromatic N) is 2. The van der Waals surface area contributed by atoms with E-state index in [1.54, 1.807) is 11.8 Å². The van der Waals surface area contributed by atoms with Crippen molar-refractivity contribution < 1.29 is 27.4 Å². The van der Waals surface area contributed by atoms with Crippen LogP contribution in [0.2, 0.25) is 0 Å². The molecular weight excluding hydrogens is 393 g/mol. The van der Waals surface area contributed by atoms with E-state index in [0.29, 0.717) is 60.3 Å². The minimum atomic E-state index is -4.38. The van der Waals surface area contributed by atoms with Crippen LogP contribution in [0.4, 0.5) is 13.2 Å². The summed E-state index contributed by atoms with van der Waals surface area (Å²) < 4.78 is 49.6. The van der Waals surface area contributed by atoms with Gasteiger partial charge in [-0.05, 0) is 19.1 Å². The van der Waals surface area contributed by atoms with Gasteiger partial charge in [-0.3, -0.25) is 4.79 Å². The second-order valence-electron chi connectivity index (χ2n) is 6.91. The summed E-state index contributed by atoms with van der Waals surface area (Å²) in [6, 6.07) is 4.82. The van der Waals surface area contributed by atoms with Gasteiger partial charge in [0, 0.05) is 31.5 Å². The molecule has 0 saturated carbocycles. The van der Waals surface area contributed by atoms with Crippen LogP contribution in [0.1, 0.15) is 33.8 Å². The topological polar surface area (TPSA) is 51.7 Å². The van der Waals surface area contributed by atoms with Crippen molar-refractivity contribution in [2.24, 2.45) is 0 Å². The minimum absolute atomic E-state index is 0.110. The van der Waals surface area contributed by atoms with Crippen LogP contribution in [0.5, 0.6) is 0 Å². The number of halogens is 3. The molecule has 0 unspecified atom stereocenters. The van der Waals surface area contributed by atoms with Gasteiger partial charge in [0.2, 0.25) is 0 Å². The van der Waals surface area contributed by atoms with E-state index < -0.39 is 17.5 Å². The maximum Gasteiger partial charge on any atom is 0.416 e. The molecule has 2 aromatic rings. The number of benzene rings is 1. The predicted molar refractivity (Wildman–Crippen MR) is 97.1 cm³/mol. The van der Waals surface area contributed by atoms with Gasteiger partial charge >= 0.3 is 6.18 Å². The second kappa shape index (κ2) is 7.13. The molecule has 2 aliphatic heterocycles. The first kappa shape index (κ1) is 19.4. The Labute approximate surface area is 164 Å². The van der Waals surface area contributed by atoms with Gasteiger partial charge in [-0.25, -0.2) is 4.98 Å². The van der Waals surface area contributed by atoms with Crippen molar-refractivity contribution in [1.82, 2.24) is 9.88 Å². The molecule has 4 rings (SSSR count). The summed E-state index contributed by atoms with van der Waals surface area (Å²) in [6.45, 7) is 3.97. The van der Waals surface area contributed by atoms with E-state index in [0.717, 1.165) is 12.1 Å². The van der Waals surface area contributed by atoms with Gasteiger partial charge in [0.05, 0.1) is 24.5 Å². The molecule has 2 fully saturated rings. The predicted octanol–water partition coefficient (Wildman–Crippen LogP) is 4.12. The molecule has 150 valence electrons. The fourth-order valence-corrected chi connectivity index (χ4v) is 4.54. The Morgan fingerprint density at radius 3 is 2.32 bits per heavy atom. The molecule has 5 nitrogen and oxygen atoms in total. The van der Waals surface area contributed by atoms with Crippen molar-refractivity contribution in [2.75, 3.05) is 26.3 Å². The SMILES string of the molecule is Cc1nc(-c2ccc(C(F)(F)F)cc2)sc1C(=O)N1CCC2(CC1)OCCO2. The molecule has 0 bridgehead atoms. The van der Waals surface area contributed by atoms with E-state index in [1.165, 1.54) is 23.5 Å². The van der Waals surface area contributed by atoms with Crippen LogP contribution in [-0.2, 0) is 15.7 Å². The van der Waals surface area contributed by atoms with Crippen LogP contribution in [0.15, 0.2) is 24.3 Å². The quantitative estimate of drug-likeness (QED) is 0.745. The van der Waals surface area contributed by atoms with Crippen molar-refractivity contribution >= 4 is 17.2 Å². The summed E-state index contributed by atoms with van der Waals surface area (Å²) in [6.07, 6.45) is -3.12. The lowest BCUT2D eigenvalue weighted by Crippen LogP contribution is -2.47. The Hall–Kier alpha value is -1.97. The van der Waals surface area contributed by atoms with E-state index >= 15 is 0 Å². The number of carbonyl (C=O) groups excluding carboxylic acids is 1. The number of aryl methyl sites for hydroxylation is 1. The van der Waals surface area contributed by atoms with Gasteiger partial charge in [0.25, 0.3) is 5.91 Å². The fraction of sp³-hybridized carbons (Fsp3) is 0.474. The Morgan fingerprint density at radius 2 is 1.75 bits per heavy atom. The molecule has 1 aromatic heterocycles. The number of thiazole rings is 1. The largest absolute Gasteiger partial charge is 0.416 e. The molecule has 9 heteroatoms. The number of rotatable bonds is 2. The summed E-state index contributed by atoms with van der Waals surface area (Å²) in [4.78, 5) is 19.6. The molecule has 2 aliphatic rings. The smallest absolute Gasteiger partial charge is 0.347 e. The van der Waals surface area contributed by atoms with Gasteiger partial charge in [0.15, 0.2) is 5.79 Å². The molecule has 1 aromatic carbocycles. The third-order valence-electron chi connectivity index (χ3n) is 5.08. The normalized spacial score (nSPS) is 19.4. The number of likely N-dealkylation sites (tertiary alicyclic amines) is 1. The molecule has 1 spiro atoms. The third-order valence-corrected chi connectivity index (χ3v) is 6.27. The van der Waals surface area contributed by atoms with Crippen LogP contribution >= 0.6 is 11.3 Å². The molecule has 0 N–H and O–H groups in total. The maximum absolute atomic E-state index is 12.9. The van der Waals surface area contributed by atoms with E-state index in [4.69, 9.17) is 9.47 Å². The lowest BCUT2D eigenvalue weighted by Gasteiger charge is -2.37. The van der Waals surface area contributed by atoms with Gasteiger partial charge in [-0.15, -0.1) is 11.3 Å². The molecule has 1 amide bonds. The molecule has 28 heavy (non-hydrogen) atoms. The Morgan fingerprint density at radius 1 is 1.14 bits per heavy atom. The zero-order valence-electron chi connectivity index (χ0n) is 15.2. The van der Waals surface area contributed by atoms with Crippen molar-refractivity contribution in [2.45, 2.75) is 31.7 Å². The highest BCUT2D eigenvalue weighted by molar-refractivity contribution is 7.17. The number of ether oxygens (including phenoxy) is 2. The number of hydrogen-bond donors (Lipinski definition) is 0. The summed E-state index contributed by atoms with van der Waals surface area (Å²) in [5.74, 6) is -0.661. The number of piperidine rings is 1. The van der Waals surface area contributed by atoms with Crippen LogP contribution < -0.4 is 0 Å². The zero-order valence-corrected chi connectivity index (χ0v) is 16.0. The number of amides is 1. The van der Waals surface area contributed by atoms with Crippen LogP contribution in [0.3, 0.4) is 0 Å². The number of carbonyl (C=O) groups is 1.